The summed E-state index contributed by atoms with van der Waals surface area (Å²) in [6.07, 6.45) is 0. The molecule has 0 atom stereocenters. The van der Waals surface area contributed by atoms with Crippen LogP contribution in [0.2, 0.25) is 0 Å². The SMILES string of the molecule is COCC(=O)Nc1cccc(S)c1. The molecule has 0 radical (unpaired) electrons. The molecule has 0 fully saturated rings. The molecule has 0 aliphatic rings. The summed E-state index contributed by atoms with van der Waals surface area (Å²) in [4.78, 5) is 11.9. The van der Waals surface area contributed by atoms with E-state index in [1.54, 1.807) is 12.1 Å². The van der Waals surface area contributed by atoms with Crippen LogP contribution < -0.4 is 5.32 Å². The maximum Gasteiger partial charge on any atom is 0.250 e. The van der Waals surface area contributed by atoms with Gasteiger partial charge in [-0.3, -0.25) is 4.79 Å². The van der Waals surface area contributed by atoms with Gasteiger partial charge in [-0.1, -0.05) is 6.07 Å². The van der Waals surface area contributed by atoms with Crippen molar-refractivity contribution in [2.45, 2.75) is 4.90 Å². The summed E-state index contributed by atoms with van der Waals surface area (Å²) >= 11 is 4.15. The smallest absolute Gasteiger partial charge is 0.250 e. The van der Waals surface area contributed by atoms with Crippen molar-refractivity contribution in [3.8, 4) is 0 Å². The maximum absolute atomic E-state index is 11.1. The number of hydrogen-bond acceptors (Lipinski definition) is 3. The number of benzene rings is 1. The number of ether oxygens (including phenoxy) is 1. The zero-order valence-corrected chi connectivity index (χ0v) is 8.17. The summed E-state index contributed by atoms with van der Waals surface area (Å²) in [6.45, 7) is 0.0663. The lowest BCUT2D eigenvalue weighted by molar-refractivity contribution is -0.119. The molecule has 0 saturated heterocycles. The Morgan fingerprint density at radius 1 is 1.62 bits per heavy atom. The van der Waals surface area contributed by atoms with E-state index in [0.717, 1.165) is 10.6 Å². The highest BCUT2D eigenvalue weighted by atomic mass is 32.1. The summed E-state index contributed by atoms with van der Waals surface area (Å²) in [5.74, 6) is -0.165. The van der Waals surface area contributed by atoms with Crippen LogP contribution >= 0.6 is 12.6 Å². The van der Waals surface area contributed by atoms with Gasteiger partial charge in [0, 0.05) is 17.7 Å². The van der Waals surface area contributed by atoms with Crippen LogP contribution in [0.1, 0.15) is 0 Å². The quantitative estimate of drug-likeness (QED) is 0.722. The lowest BCUT2D eigenvalue weighted by atomic mass is 10.3. The number of nitrogens with one attached hydrogen (secondary N) is 1. The molecule has 1 rings (SSSR count). The average molecular weight is 197 g/mol. The van der Waals surface area contributed by atoms with Gasteiger partial charge < -0.3 is 10.1 Å². The van der Waals surface area contributed by atoms with Gasteiger partial charge in [-0.2, -0.15) is 0 Å². The van der Waals surface area contributed by atoms with Crippen LogP contribution in [0.5, 0.6) is 0 Å². The van der Waals surface area contributed by atoms with Gasteiger partial charge in [0.2, 0.25) is 5.91 Å². The molecule has 0 unspecified atom stereocenters. The molecule has 70 valence electrons. The Bertz CT molecular complexity index is 301. The van der Waals surface area contributed by atoms with Crippen LogP contribution in [-0.4, -0.2) is 19.6 Å². The van der Waals surface area contributed by atoms with E-state index in [9.17, 15) is 4.79 Å². The van der Waals surface area contributed by atoms with Gasteiger partial charge in [-0.15, -0.1) is 12.6 Å². The Balaban J connectivity index is 2.58. The Morgan fingerprint density at radius 2 is 2.38 bits per heavy atom. The fraction of sp³-hybridized carbons (Fsp3) is 0.222. The molecule has 1 N–H and O–H groups in total. The van der Waals surface area contributed by atoms with E-state index in [2.05, 4.69) is 22.7 Å². The van der Waals surface area contributed by atoms with E-state index in [-0.39, 0.29) is 12.5 Å². The van der Waals surface area contributed by atoms with Crippen molar-refractivity contribution in [1.29, 1.82) is 0 Å². The van der Waals surface area contributed by atoms with Crippen molar-refractivity contribution in [2.24, 2.45) is 0 Å². The van der Waals surface area contributed by atoms with Gasteiger partial charge in [0.05, 0.1) is 0 Å². The minimum atomic E-state index is -0.165. The largest absolute Gasteiger partial charge is 0.375 e. The number of thiol groups is 1. The van der Waals surface area contributed by atoms with Gasteiger partial charge in [0.25, 0.3) is 0 Å². The molecule has 0 aliphatic carbocycles. The van der Waals surface area contributed by atoms with E-state index in [1.165, 1.54) is 7.11 Å². The van der Waals surface area contributed by atoms with Gasteiger partial charge in [0.1, 0.15) is 6.61 Å². The van der Waals surface area contributed by atoms with Crippen LogP contribution in [0.4, 0.5) is 5.69 Å². The van der Waals surface area contributed by atoms with Crippen LogP contribution in [0.15, 0.2) is 29.2 Å². The predicted octanol–water partition coefficient (Wildman–Crippen LogP) is 1.56. The van der Waals surface area contributed by atoms with E-state index in [0.29, 0.717) is 0 Å². The second-order valence-electron chi connectivity index (χ2n) is 2.53. The number of rotatable bonds is 3. The highest BCUT2D eigenvalue weighted by Crippen LogP contribution is 2.12. The van der Waals surface area contributed by atoms with E-state index >= 15 is 0 Å². The van der Waals surface area contributed by atoms with Crippen LogP contribution in [0, 0.1) is 0 Å². The molecule has 0 saturated carbocycles. The van der Waals surface area contributed by atoms with Crippen molar-refractivity contribution in [3.05, 3.63) is 24.3 Å². The predicted molar refractivity (Wildman–Crippen MR) is 54.2 cm³/mol. The lowest BCUT2D eigenvalue weighted by Crippen LogP contribution is -2.16. The first-order valence-corrected chi connectivity index (χ1v) is 4.25. The molecule has 1 aromatic rings. The molecule has 13 heavy (non-hydrogen) atoms. The molecular formula is C9H11NO2S. The Labute approximate surface area is 82.5 Å². The van der Waals surface area contributed by atoms with E-state index in [1.807, 2.05) is 12.1 Å². The van der Waals surface area contributed by atoms with Crippen molar-refractivity contribution in [2.75, 3.05) is 19.0 Å². The van der Waals surface area contributed by atoms with Crippen molar-refractivity contribution < 1.29 is 9.53 Å². The third kappa shape index (κ3) is 3.48. The highest BCUT2D eigenvalue weighted by molar-refractivity contribution is 7.80. The third-order valence-electron chi connectivity index (χ3n) is 1.41. The highest BCUT2D eigenvalue weighted by Gasteiger charge is 2.00. The molecule has 4 heteroatoms. The molecule has 1 amide bonds. The number of methoxy groups -OCH3 is 1. The van der Waals surface area contributed by atoms with Crippen molar-refractivity contribution in [1.82, 2.24) is 0 Å². The van der Waals surface area contributed by atoms with E-state index in [4.69, 9.17) is 0 Å². The number of hydrogen-bond donors (Lipinski definition) is 2. The summed E-state index contributed by atoms with van der Waals surface area (Å²) in [7, 11) is 1.48. The van der Waals surface area contributed by atoms with Crippen LogP contribution in [0.3, 0.4) is 0 Å². The lowest BCUT2D eigenvalue weighted by Gasteiger charge is -2.04. The summed E-state index contributed by atoms with van der Waals surface area (Å²) < 4.78 is 4.67. The minimum Gasteiger partial charge on any atom is -0.375 e. The monoisotopic (exact) mass is 197 g/mol. The number of carbonyl (C=O) groups excluding carboxylic acids is 1. The van der Waals surface area contributed by atoms with Gasteiger partial charge in [-0.05, 0) is 18.2 Å². The van der Waals surface area contributed by atoms with Crippen LogP contribution in [0.25, 0.3) is 0 Å². The number of amides is 1. The second kappa shape index (κ2) is 4.89. The molecule has 1 aromatic carbocycles. The fourth-order valence-corrected chi connectivity index (χ4v) is 1.14. The minimum absolute atomic E-state index is 0.0663. The molecule has 0 aromatic heterocycles. The summed E-state index contributed by atoms with van der Waals surface area (Å²) in [5.41, 5.74) is 0.731. The normalized spacial score (nSPS) is 9.69. The van der Waals surface area contributed by atoms with Crippen LogP contribution in [-0.2, 0) is 9.53 Å². The van der Waals surface area contributed by atoms with Gasteiger partial charge in [-0.25, -0.2) is 0 Å². The molecule has 0 spiro atoms. The van der Waals surface area contributed by atoms with Gasteiger partial charge in [0.15, 0.2) is 0 Å². The third-order valence-corrected chi connectivity index (χ3v) is 1.68. The standard InChI is InChI=1S/C9H11NO2S/c1-12-6-9(11)10-7-3-2-4-8(13)5-7/h2-5,13H,6H2,1H3,(H,10,11). The fourth-order valence-electron chi connectivity index (χ4n) is 0.912. The summed E-state index contributed by atoms with van der Waals surface area (Å²) in [5, 5.41) is 2.67. The number of anilines is 1. The number of carbonyl (C=O) groups is 1. The summed E-state index contributed by atoms with van der Waals surface area (Å²) in [6, 6.07) is 7.24. The first-order chi connectivity index (χ1) is 6.22. The Morgan fingerprint density at radius 3 is 3.00 bits per heavy atom. The first kappa shape index (κ1) is 10.1. The Kier molecular flexibility index (Phi) is 3.79. The topological polar surface area (TPSA) is 38.3 Å². The second-order valence-corrected chi connectivity index (χ2v) is 3.05. The Hall–Kier alpha value is -1.00. The zero-order chi connectivity index (χ0) is 9.68. The first-order valence-electron chi connectivity index (χ1n) is 3.80. The molecular weight excluding hydrogens is 186 g/mol. The zero-order valence-electron chi connectivity index (χ0n) is 7.28. The average Bonchev–Trinajstić information content (AvgIpc) is 2.04. The maximum atomic E-state index is 11.1. The van der Waals surface area contributed by atoms with Crippen molar-refractivity contribution in [3.63, 3.8) is 0 Å². The van der Waals surface area contributed by atoms with Crippen molar-refractivity contribution >= 4 is 24.2 Å². The van der Waals surface area contributed by atoms with Gasteiger partial charge >= 0.3 is 0 Å². The molecule has 0 heterocycles. The van der Waals surface area contributed by atoms with E-state index < -0.39 is 0 Å². The molecule has 0 aliphatic heterocycles. The molecule has 3 nitrogen and oxygen atoms in total. The molecule has 0 bridgehead atoms.